The number of nitrogens with one attached hydrogen (secondary N) is 1. The van der Waals surface area contributed by atoms with Gasteiger partial charge in [-0.05, 0) is 30.6 Å². The zero-order valence-electron chi connectivity index (χ0n) is 16.0. The second-order valence-corrected chi connectivity index (χ2v) is 7.40. The summed E-state index contributed by atoms with van der Waals surface area (Å²) >= 11 is 4.74. The van der Waals surface area contributed by atoms with E-state index in [4.69, 9.17) is 22.9 Å². The third-order valence-corrected chi connectivity index (χ3v) is 4.86. The van der Waals surface area contributed by atoms with Gasteiger partial charge in [0.05, 0.1) is 17.4 Å². The molecular formula is C19H25N7OS. The summed E-state index contributed by atoms with van der Waals surface area (Å²) in [4.78, 5) is 13.2. The molecular weight excluding hydrogens is 374 g/mol. The summed E-state index contributed by atoms with van der Waals surface area (Å²) in [7, 11) is 3.82. The minimum Gasteiger partial charge on any atom is -0.385 e. The number of nitrogens with zero attached hydrogens (tertiary/aromatic N) is 5. The van der Waals surface area contributed by atoms with Crippen LogP contribution in [0.5, 0.6) is 0 Å². The molecule has 0 spiro atoms. The van der Waals surface area contributed by atoms with Crippen molar-refractivity contribution < 1.29 is 5.11 Å². The molecule has 1 aromatic heterocycles. The number of aliphatic hydroxyl groups is 1. The highest BCUT2D eigenvalue weighted by atomic mass is 32.1. The summed E-state index contributed by atoms with van der Waals surface area (Å²) in [5.74, 6) is 1.38. The zero-order chi connectivity index (χ0) is 20.1. The Morgan fingerprint density at radius 3 is 2.61 bits per heavy atom. The topological polar surface area (TPSA) is 103 Å². The molecule has 28 heavy (non-hydrogen) atoms. The molecule has 8 nitrogen and oxygen atoms in total. The fourth-order valence-corrected chi connectivity index (χ4v) is 3.31. The van der Waals surface area contributed by atoms with Gasteiger partial charge in [-0.25, -0.2) is 4.98 Å². The molecule has 0 bridgehead atoms. The van der Waals surface area contributed by atoms with Crippen LogP contribution < -0.4 is 21.0 Å². The van der Waals surface area contributed by atoms with E-state index in [1.165, 1.54) is 0 Å². The van der Waals surface area contributed by atoms with Gasteiger partial charge in [-0.1, -0.05) is 30.3 Å². The molecule has 0 aliphatic carbocycles. The Balaban J connectivity index is 1.75. The Hall–Kier alpha value is -2.78. The van der Waals surface area contributed by atoms with Gasteiger partial charge < -0.3 is 20.6 Å². The number of nitrogens with two attached hydrogens (primary N) is 1. The van der Waals surface area contributed by atoms with Gasteiger partial charge in [-0.15, -0.1) is 0 Å². The lowest BCUT2D eigenvalue weighted by molar-refractivity contribution is 0.0115. The number of benzene rings is 1. The number of aromatic nitrogens is 2. The molecule has 1 fully saturated rings. The molecule has 0 atom stereocenters. The lowest BCUT2D eigenvalue weighted by Crippen LogP contribution is -2.43. The van der Waals surface area contributed by atoms with E-state index in [2.05, 4.69) is 20.4 Å². The van der Waals surface area contributed by atoms with Crippen molar-refractivity contribution in [3.63, 3.8) is 0 Å². The summed E-state index contributed by atoms with van der Waals surface area (Å²) in [6, 6.07) is 9.83. The fraction of sp³-hybridized carbons (Fsp3) is 0.368. The van der Waals surface area contributed by atoms with E-state index in [1.54, 1.807) is 12.4 Å². The molecule has 3 rings (SSSR count). The standard InChI is InChI=1S/C19H25N7OS/c1-25(2)16-14(13-22-24-17(20)28)12-21-18(23-16)26-10-8-19(27,9-11-26)15-6-4-3-5-7-15/h3-7,12-13,27H,8-11H2,1-2H3,(H3,20,24,28)/b22-13+. The summed E-state index contributed by atoms with van der Waals surface area (Å²) in [6.07, 6.45) is 4.56. The van der Waals surface area contributed by atoms with Gasteiger partial charge in [0.25, 0.3) is 0 Å². The largest absolute Gasteiger partial charge is 0.385 e. The third kappa shape index (κ3) is 4.55. The molecule has 4 N–H and O–H groups in total. The Morgan fingerprint density at radius 2 is 2.00 bits per heavy atom. The zero-order valence-corrected chi connectivity index (χ0v) is 16.9. The molecule has 1 saturated heterocycles. The summed E-state index contributed by atoms with van der Waals surface area (Å²) in [5.41, 5.74) is 8.81. The molecule has 1 aliphatic heterocycles. The van der Waals surface area contributed by atoms with Crippen molar-refractivity contribution in [3.05, 3.63) is 47.7 Å². The maximum atomic E-state index is 11.0. The first-order chi connectivity index (χ1) is 13.4. The number of rotatable bonds is 5. The van der Waals surface area contributed by atoms with E-state index < -0.39 is 5.60 Å². The first-order valence-corrected chi connectivity index (χ1v) is 9.45. The third-order valence-electron chi connectivity index (χ3n) is 4.77. The quantitative estimate of drug-likeness (QED) is 0.392. The smallest absolute Gasteiger partial charge is 0.227 e. The van der Waals surface area contributed by atoms with Gasteiger partial charge in [-0.3, -0.25) is 5.43 Å². The van der Waals surface area contributed by atoms with Crippen LogP contribution >= 0.6 is 12.2 Å². The molecule has 9 heteroatoms. The van der Waals surface area contributed by atoms with E-state index in [0.717, 1.165) is 16.9 Å². The molecule has 148 valence electrons. The molecule has 0 saturated carbocycles. The number of hydrogen-bond donors (Lipinski definition) is 3. The number of thiocarbonyl (C=S) groups is 1. The van der Waals surface area contributed by atoms with E-state index >= 15 is 0 Å². The van der Waals surface area contributed by atoms with Crippen LogP contribution in [-0.4, -0.2) is 53.6 Å². The maximum absolute atomic E-state index is 11.0. The number of anilines is 2. The van der Waals surface area contributed by atoms with Gasteiger partial charge in [0, 0.05) is 33.4 Å². The Morgan fingerprint density at radius 1 is 1.32 bits per heavy atom. The van der Waals surface area contributed by atoms with Crippen LogP contribution in [0.4, 0.5) is 11.8 Å². The molecule has 0 unspecified atom stereocenters. The SMILES string of the molecule is CN(C)c1nc(N2CCC(O)(c3ccccc3)CC2)ncc1/C=N/NC(N)=S. The Labute approximate surface area is 170 Å². The van der Waals surface area contributed by atoms with Crippen LogP contribution in [-0.2, 0) is 5.60 Å². The van der Waals surface area contributed by atoms with Crippen molar-refractivity contribution in [1.82, 2.24) is 15.4 Å². The second-order valence-electron chi connectivity index (χ2n) is 6.96. The van der Waals surface area contributed by atoms with Gasteiger partial charge in [0.1, 0.15) is 5.82 Å². The van der Waals surface area contributed by atoms with Crippen LogP contribution in [0.2, 0.25) is 0 Å². The van der Waals surface area contributed by atoms with Gasteiger partial charge >= 0.3 is 0 Å². The van der Waals surface area contributed by atoms with Crippen LogP contribution in [0.3, 0.4) is 0 Å². The summed E-state index contributed by atoms with van der Waals surface area (Å²) in [6.45, 7) is 1.35. The van der Waals surface area contributed by atoms with Crippen molar-refractivity contribution in [2.45, 2.75) is 18.4 Å². The molecule has 2 aromatic rings. The number of hydrogen-bond acceptors (Lipinski definition) is 7. The maximum Gasteiger partial charge on any atom is 0.227 e. The number of piperidine rings is 1. The van der Waals surface area contributed by atoms with Crippen molar-refractivity contribution in [2.75, 3.05) is 37.0 Å². The average Bonchev–Trinajstić information content (AvgIpc) is 2.69. The van der Waals surface area contributed by atoms with Crippen LogP contribution in [0.15, 0.2) is 41.6 Å². The second kappa shape index (κ2) is 8.49. The van der Waals surface area contributed by atoms with Crippen molar-refractivity contribution >= 4 is 35.3 Å². The normalized spacial score (nSPS) is 16.2. The van der Waals surface area contributed by atoms with Crippen molar-refractivity contribution in [3.8, 4) is 0 Å². The summed E-state index contributed by atoms with van der Waals surface area (Å²) in [5, 5.41) is 15.1. The van der Waals surface area contributed by atoms with Crippen LogP contribution in [0.25, 0.3) is 0 Å². The molecule has 1 aliphatic rings. The van der Waals surface area contributed by atoms with E-state index in [0.29, 0.717) is 31.9 Å². The monoisotopic (exact) mass is 399 g/mol. The lowest BCUT2D eigenvalue weighted by atomic mass is 9.84. The van der Waals surface area contributed by atoms with Crippen molar-refractivity contribution in [2.24, 2.45) is 10.8 Å². The first kappa shape index (κ1) is 20.0. The summed E-state index contributed by atoms with van der Waals surface area (Å²) < 4.78 is 0. The predicted molar refractivity (Wildman–Crippen MR) is 116 cm³/mol. The first-order valence-electron chi connectivity index (χ1n) is 9.05. The molecule has 1 aromatic carbocycles. The average molecular weight is 400 g/mol. The molecule has 0 amide bonds. The highest BCUT2D eigenvalue weighted by Gasteiger charge is 2.34. The van der Waals surface area contributed by atoms with Crippen LogP contribution in [0, 0.1) is 0 Å². The van der Waals surface area contributed by atoms with Crippen molar-refractivity contribution in [1.29, 1.82) is 0 Å². The molecule has 0 radical (unpaired) electrons. The van der Waals surface area contributed by atoms with Gasteiger partial charge in [0.15, 0.2) is 5.11 Å². The van der Waals surface area contributed by atoms with E-state index in [1.807, 2.05) is 49.3 Å². The molecule has 2 heterocycles. The number of hydrazone groups is 1. The van der Waals surface area contributed by atoms with E-state index in [9.17, 15) is 5.11 Å². The van der Waals surface area contributed by atoms with Crippen LogP contribution in [0.1, 0.15) is 24.0 Å². The predicted octanol–water partition coefficient (Wildman–Crippen LogP) is 1.20. The van der Waals surface area contributed by atoms with Gasteiger partial charge in [0.2, 0.25) is 5.95 Å². The highest BCUT2D eigenvalue weighted by molar-refractivity contribution is 7.80. The Kier molecular flexibility index (Phi) is 6.05. The highest BCUT2D eigenvalue weighted by Crippen LogP contribution is 2.33. The van der Waals surface area contributed by atoms with Gasteiger partial charge in [-0.2, -0.15) is 10.1 Å². The Bertz CT molecular complexity index is 849. The lowest BCUT2D eigenvalue weighted by Gasteiger charge is -2.38. The minimum absolute atomic E-state index is 0.0967. The minimum atomic E-state index is -0.805. The van der Waals surface area contributed by atoms with E-state index in [-0.39, 0.29) is 5.11 Å². The fourth-order valence-electron chi connectivity index (χ4n) is 3.25.